The molecule has 2 fully saturated rings. The highest BCUT2D eigenvalue weighted by Crippen LogP contribution is 2.30. The molecule has 0 aromatic rings. The maximum Gasteiger partial charge on any atom is 0.217 e. The summed E-state index contributed by atoms with van der Waals surface area (Å²) in [6.45, 7) is 1.91. The fraction of sp³-hybridized carbons (Fsp3) is 0.973. The van der Waals surface area contributed by atoms with Crippen LogP contribution in [0.1, 0.15) is 136 Å². The van der Waals surface area contributed by atoms with Crippen LogP contribution in [-0.4, -0.2) is 140 Å². The third-order valence-electron chi connectivity index (χ3n) is 10.1. The molecule has 0 aromatic heterocycles. The highest BCUT2D eigenvalue weighted by atomic mass is 16.7. The van der Waals surface area contributed by atoms with Gasteiger partial charge in [-0.15, -0.1) is 0 Å². The summed E-state index contributed by atoms with van der Waals surface area (Å²) in [7, 11) is 0. The SMILES string of the molecule is CCCCCCCCCCCCCCCCCCCCC(O)C(COC1OC(CO)C(OC2OC(CO)C(O)C(O)C2O)C(O)C1O)NC(C)=O. The first kappa shape index (κ1) is 46.1. The first-order chi connectivity index (χ1) is 24.5. The summed E-state index contributed by atoms with van der Waals surface area (Å²) >= 11 is 0. The summed E-state index contributed by atoms with van der Waals surface area (Å²) in [5, 5.41) is 84.9. The molecule has 51 heavy (non-hydrogen) atoms. The van der Waals surface area contributed by atoms with Crippen LogP contribution in [0.15, 0.2) is 0 Å². The van der Waals surface area contributed by atoms with Crippen LogP contribution < -0.4 is 5.32 Å². The van der Waals surface area contributed by atoms with Crippen LogP contribution >= 0.6 is 0 Å². The number of unbranched alkanes of at least 4 members (excludes halogenated alkanes) is 17. The van der Waals surface area contributed by atoms with Gasteiger partial charge < -0.3 is 65.1 Å². The van der Waals surface area contributed by atoms with Crippen molar-refractivity contribution in [1.29, 1.82) is 0 Å². The van der Waals surface area contributed by atoms with E-state index in [2.05, 4.69) is 12.2 Å². The second kappa shape index (κ2) is 26.7. The van der Waals surface area contributed by atoms with Crippen LogP contribution in [0.4, 0.5) is 0 Å². The molecule has 2 heterocycles. The second-order valence-corrected chi connectivity index (χ2v) is 14.5. The summed E-state index contributed by atoms with van der Waals surface area (Å²) in [4.78, 5) is 11.9. The normalized spacial score (nSPS) is 31.0. The molecule has 0 radical (unpaired) electrons. The van der Waals surface area contributed by atoms with Crippen LogP contribution in [0.25, 0.3) is 0 Å². The maximum atomic E-state index is 11.9. The van der Waals surface area contributed by atoms with Crippen molar-refractivity contribution in [2.24, 2.45) is 0 Å². The van der Waals surface area contributed by atoms with Gasteiger partial charge in [-0.05, 0) is 6.42 Å². The van der Waals surface area contributed by atoms with E-state index in [-0.39, 0.29) is 12.5 Å². The van der Waals surface area contributed by atoms with Gasteiger partial charge in [-0.25, -0.2) is 0 Å². The third kappa shape index (κ3) is 16.9. The number of nitrogens with one attached hydrogen (secondary N) is 1. The number of carbonyl (C=O) groups excluding carboxylic acids is 1. The Kier molecular flexibility index (Phi) is 24.2. The number of hydrogen-bond acceptors (Lipinski definition) is 13. The molecule has 14 nitrogen and oxygen atoms in total. The highest BCUT2D eigenvalue weighted by Gasteiger charge is 2.50. The van der Waals surface area contributed by atoms with Gasteiger partial charge in [0.1, 0.15) is 48.8 Å². The second-order valence-electron chi connectivity index (χ2n) is 14.5. The molecule has 12 atom stereocenters. The molecule has 12 unspecified atom stereocenters. The fourth-order valence-corrected chi connectivity index (χ4v) is 6.86. The molecule has 9 N–H and O–H groups in total. The number of carbonyl (C=O) groups is 1. The summed E-state index contributed by atoms with van der Waals surface area (Å²) in [5.41, 5.74) is 0. The Labute approximate surface area is 304 Å². The monoisotopic (exact) mass is 737 g/mol. The molecule has 302 valence electrons. The molecule has 2 saturated heterocycles. The van der Waals surface area contributed by atoms with Crippen molar-refractivity contribution < 1.29 is 64.6 Å². The van der Waals surface area contributed by atoms with Crippen molar-refractivity contribution in [2.75, 3.05) is 19.8 Å². The van der Waals surface area contributed by atoms with E-state index >= 15 is 0 Å². The van der Waals surface area contributed by atoms with Crippen molar-refractivity contribution in [2.45, 2.75) is 209 Å². The lowest BCUT2D eigenvalue weighted by atomic mass is 9.97. The van der Waals surface area contributed by atoms with Crippen LogP contribution in [0.5, 0.6) is 0 Å². The predicted octanol–water partition coefficient (Wildman–Crippen LogP) is 1.92. The minimum Gasteiger partial charge on any atom is -0.394 e. The van der Waals surface area contributed by atoms with Crippen LogP contribution in [0, 0.1) is 0 Å². The Bertz CT molecular complexity index is 883. The number of hydrogen-bond donors (Lipinski definition) is 9. The zero-order chi connectivity index (χ0) is 37.6. The number of rotatable bonds is 28. The lowest BCUT2D eigenvalue weighted by molar-refractivity contribution is -0.359. The van der Waals surface area contributed by atoms with E-state index in [9.17, 15) is 45.6 Å². The summed E-state index contributed by atoms with van der Waals surface area (Å²) in [5.74, 6) is -0.383. The van der Waals surface area contributed by atoms with Crippen molar-refractivity contribution in [3.05, 3.63) is 0 Å². The van der Waals surface area contributed by atoms with Crippen molar-refractivity contribution in [1.82, 2.24) is 5.32 Å². The van der Waals surface area contributed by atoms with Crippen LogP contribution in [-0.2, 0) is 23.7 Å². The lowest BCUT2D eigenvalue weighted by Gasteiger charge is -2.46. The summed E-state index contributed by atoms with van der Waals surface area (Å²) in [6.07, 6.45) is 6.46. The van der Waals surface area contributed by atoms with Crippen molar-refractivity contribution >= 4 is 5.91 Å². The minimum absolute atomic E-state index is 0.259. The molecule has 0 spiro atoms. The smallest absolute Gasteiger partial charge is 0.217 e. The first-order valence-corrected chi connectivity index (χ1v) is 19.7. The van der Waals surface area contributed by atoms with Gasteiger partial charge in [-0.2, -0.15) is 0 Å². The Hall–Kier alpha value is -1.01. The third-order valence-corrected chi connectivity index (χ3v) is 10.1. The quantitative estimate of drug-likeness (QED) is 0.0524. The molecular weight excluding hydrogens is 666 g/mol. The largest absolute Gasteiger partial charge is 0.394 e. The van der Waals surface area contributed by atoms with E-state index in [0.29, 0.717) is 6.42 Å². The first-order valence-electron chi connectivity index (χ1n) is 19.7. The summed E-state index contributed by atoms with van der Waals surface area (Å²) < 4.78 is 22.2. The molecule has 2 aliphatic rings. The van der Waals surface area contributed by atoms with E-state index < -0.39 is 86.8 Å². The molecule has 2 aliphatic heterocycles. The average Bonchev–Trinajstić information content (AvgIpc) is 3.11. The van der Waals surface area contributed by atoms with Gasteiger partial charge in [0.05, 0.1) is 32.0 Å². The molecule has 2 rings (SSSR count). The van der Waals surface area contributed by atoms with Crippen molar-refractivity contribution in [3.63, 3.8) is 0 Å². The number of aliphatic hydroxyl groups is 8. The summed E-state index contributed by atoms with van der Waals surface area (Å²) in [6, 6.07) is -0.822. The van der Waals surface area contributed by atoms with Gasteiger partial charge in [0.2, 0.25) is 5.91 Å². The molecular formula is C37H71NO13. The van der Waals surface area contributed by atoms with Crippen LogP contribution in [0.3, 0.4) is 0 Å². The molecule has 0 aliphatic carbocycles. The zero-order valence-corrected chi connectivity index (χ0v) is 31.1. The van der Waals surface area contributed by atoms with Gasteiger partial charge in [-0.3, -0.25) is 4.79 Å². The van der Waals surface area contributed by atoms with Gasteiger partial charge in [0.25, 0.3) is 0 Å². The van der Waals surface area contributed by atoms with Crippen molar-refractivity contribution in [3.8, 4) is 0 Å². The Balaban J connectivity index is 1.66. The van der Waals surface area contributed by atoms with Gasteiger partial charge >= 0.3 is 0 Å². The lowest BCUT2D eigenvalue weighted by Crippen LogP contribution is -2.65. The minimum atomic E-state index is -1.77. The fourth-order valence-electron chi connectivity index (χ4n) is 6.86. The van der Waals surface area contributed by atoms with Gasteiger partial charge in [0, 0.05) is 6.92 Å². The zero-order valence-electron chi connectivity index (χ0n) is 31.1. The Morgan fingerprint density at radius 2 is 1.08 bits per heavy atom. The highest BCUT2D eigenvalue weighted by molar-refractivity contribution is 5.73. The van der Waals surface area contributed by atoms with E-state index in [4.69, 9.17) is 18.9 Å². The van der Waals surface area contributed by atoms with E-state index in [1.165, 1.54) is 96.8 Å². The topological polar surface area (TPSA) is 228 Å². The number of ether oxygens (including phenoxy) is 4. The number of aliphatic hydroxyl groups excluding tert-OH is 8. The van der Waals surface area contributed by atoms with E-state index in [1.54, 1.807) is 0 Å². The average molecular weight is 738 g/mol. The molecule has 0 bridgehead atoms. The predicted molar refractivity (Wildman–Crippen MR) is 189 cm³/mol. The van der Waals surface area contributed by atoms with Gasteiger partial charge in [-0.1, -0.05) is 122 Å². The maximum absolute atomic E-state index is 11.9. The molecule has 0 aromatic carbocycles. The molecule has 14 heteroatoms. The molecule has 1 amide bonds. The Morgan fingerprint density at radius 1 is 0.627 bits per heavy atom. The standard InChI is InChI=1S/C37H71NO13/c1-3-4-5-6-7-8-9-10-11-12-13-14-15-16-17-18-19-20-21-27(42)26(38-25(2)41)24-48-36-34(47)32(45)35(29(23-40)50-36)51-37-33(46)31(44)30(43)28(22-39)49-37/h26-37,39-40,42-47H,3-24H2,1-2H3,(H,38,41). The molecule has 0 saturated carbocycles. The van der Waals surface area contributed by atoms with Gasteiger partial charge in [0.15, 0.2) is 12.6 Å². The van der Waals surface area contributed by atoms with E-state index in [0.717, 1.165) is 25.7 Å². The number of amides is 1. The van der Waals surface area contributed by atoms with E-state index in [1.807, 2.05) is 0 Å². The Morgan fingerprint density at radius 3 is 1.55 bits per heavy atom. The van der Waals surface area contributed by atoms with Crippen LogP contribution in [0.2, 0.25) is 0 Å².